The zero-order valence-corrected chi connectivity index (χ0v) is 15.4. The molecule has 2 aromatic rings. The molecule has 0 radical (unpaired) electrons. The number of hydrogen-bond acceptors (Lipinski definition) is 4. The van der Waals surface area contributed by atoms with Gasteiger partial charge in [-0.15, -0.1) is 0 Å². The number of hydrogen-bond donors (Lipinski definition) is 2. The molecule has 3 rings (SSSR count). The Labute approximate surface area is 157 Å². The smallest absolute Gasteiger partial charge is 0.325 e. The highest BCUT2D eigenvalue weighted by molar-refractivity contribution is 6.10. The standard InChI is InChI=1S/C20H21N3O4/c1-13-6-4-5-7-16(13)21-17(24)12-23-18(25)20(2,22-19(23)26)14-8-10-15(27-3)11-9-14/h4-11H,12H2,1-3H3,(H,21,24)(H,22,26)/t20-/m0/s1. The van der Waals surface area contributed by atoms with Crippen molar-refractivity contribution < 1.29 is 19.1 Å². The summed E-state index contributed by atoms with van der Waals surface area (Å²) in [5.41, 5.74) is 0.925. The van der Waals surface area contributed by atoms with Crippen LogP contribution in [-0.2, 0) is 15.1 Å². The fourth-order valence-electron chi connectivity index (χ4n) is 3.01. The van der Waals surface area contributed by atoms with E-state index in [1.165, 1.54) is 0 Å². The number of ether oxygens (including phenoxy) is 1. The van der Waals surface area contributed by atoms with Crippen molar-refractivity contribution >= 4 is 23.5 Å². The Morgan fingerprint density at radius 2 is 1.81 bits per heavy atom. The number of para-hydroxylation sites is 1. The molecule has 1 aliphatic heterocycles. The number of imide groups is 1. The van der Waals surface area contributed by atoms with Gasteiger partial charge < -0.3 is 15.4 Å². The molecule has 7 heteroatoms. The second-order valence-corrected chi connectivity index (χ2v) is 6.54. The summed E-state index contributed by atoms with van der Waals surface area (Å²) in [5.74, 6) is -0.266. The minimum atomic E-state index is -1.23. The highest BCUT2D eigenvalue weighted by Crippen LogP contribution is 2.30. The SMILES string of the molecule is COc1ccc([C@]2(C)NC(=O)N(CC(=O)Nc3ccccc3C)C2=O)cc1. The maximum absolute atomic E-state index is 12.9. The van der Waals surface area contributed by atoms with Crippen LogP contribution in [-0.4, -0.2) is 36.4 Å². The van der Waals surface area contributed by atoms with Crippen molar-refractivity contribution in [3.8, 4) is 5.75 Å². The van der Waals surface area contributed by atoms with Gasteiger partial charge in [0.15, 0.2) is 0 Å². The Balaban J connectivity index is 1.75. The molecule has 2 aromatic carbocycles. The molecule has 1 heterocycles. The second kappa shape index (κ2) is 7.11. The highest BCUT2D eigenvalue weighted by Gasteiger charge is 2.49. The molecule has 0 aromatic heterocycles. The third-order valence-electron chi connectivity index (χ3n) is 4.66. The highest BCUT2D eigenvalue weighted by atomic mass is 16.5. The van der Waals surface area contributed by atoms with Crippen molar-refractivity contribution in [2.75, 3.05) is 19.0 Å². The van der Waals surface area contributed by atoms with Crippen molar-refractivity contribution in [2.24, 2.45) is 0 Å². The van der Waals surface area contributed by atoms with Crippen LogP contribution >= 0.6 is 0 Å². The van der Waals surface area contributed by atoms with Gasteiger partial charge in [0.25, 0.3) is 5.91 Å². The largest absolute Gasteiger partial charge is 0.497 e. The third kappa shape index (κ3) is 3.48. The van der Waals surface area contributed by atoms with E-state index in [-0.39, 0.29) is 6.54 Å². The Bertz CT molecular complexity index is 894. The Morgan fingerprint density at radius 3 is 2.44 bits per heavy atom. The van der Waals surface area contributed by atoms with E-state index in [1.807, 2.05) is 19.1 Å². The molecule has 0 aliphatic carbocycles. The van der Waals surface area contributed by atoms with Crippen molar-refractivity contribution in [2.45, 2.75) is 19.4 Å². The van der Waals surface area contributed by atoms with Gasteiger partial charge in [0, 0.05) is 5.69 Å². The summed E-state index contributed by atoms with van der Waals surface area (Å²) in [6.45, 7) is 3.13. The average molecular weight is 367 g/mol. The van der Waals surface area contributed by atoms with Gasteiger partial charge in [0.05, 0.1) is 7.11 Å². The van der Waals surface area contributed by atoms with Crippen LogP contribution in [0.2, 0.25) is 0 Å². The molecule has 0 saturated carbocycles. The van der Waals surface area contributed by atoms with Crippen molar-refractivity contribution in [1.29, 1.82) is 0 Å². The van der Waals surface area contributed by atoms with Crippen LogP contribution in [0.5, 0.6) is 5.75 Å². The zero-order valence-electron chi connectivity index (χ0n) is 15.4. The number of urea groups is 1. The van der Waals surface area contributed by atoms with Crippen molar-refractivity contribution in [1.82, 2.24) is 10.2 Å². The molecule has 1 aliphatic rings. The Hall–Kier alpha value is -3.35. The summed E-state index contributed by atoms with van der Waals surface area (Å²) in [7, 11) is 1.55. The minimum absolute atomic E-state index is 0.356. The number of carbonyl (C=O) groups excluding carboxylic acids is 3. The van der Waals surface area contributed by atoms with E-state index < -0.39 is 23.4 Å². The molecular weight excluding hydrogens is 346 g/mol. The van der Waals surface area contributed by atoms with E-state index in [2.05, 4.69) is 10.6 Å². The number of rotatable bonds is 5. The quantitative estimate of drug-likeness (QED) is 0.795. The van der Waals surface area contributed by atoms with Crippen molar-refractivity contribution in [3.63, 3.8) is 0 Å². The molecule has 1 saturated heterocycles. The number of anilines is 1. The van der Waals surface area contributed by atoms with Gasteiger partial charge in [-0.05, 0) is 43.2 Å². The van der Waals surface area contributed by atoms with E-state index >= 15 is 0 Å². The van der Waals surface area contributed by atoms with E-state index in [0.29, 0.717) is 17.0 Å². The lowest BCUT2D eigenvalue weighted by Gasteiger charge is -2.22. The van der Waals surface area contributed by atoms with E-state index in [9.17, 15) is 14.4 Å². The summed E-state index contributed by atoms with van der Waals surface area (Å²) in [4.78, 5) is 38.5. The first kappa shape index (κ1) is 18.4. The van der Waals surface area contributed by atoms with Gasteiger partial charge in [-0.2, -0.15) is 0 Å². The first-order valence-electron chi connectivity index (χ1n) is 8.49. The van der Waals surface area contributed by atoms with Gasteiger partial charge in [-0.3, -0.25) is 14.5 Å². The van der Waals surface area contributed by atoms with Crippen LogP contribution in [0.1, 0.15) is 18.1 Å². The maximum Gasteiger partial charge on any atom is 0.325 e. The van der Waals surface area contributed by atoms with E-state index in [4.69, 9.17) is 4.74 Å². The Morgan fingerprint density at radius 1 is 1.15 bits per heavy atom. The number of carbonyl (C=O) groups is 3. The fraction of sp³-hybridized carbons (Fsp3) is 0.250. The van der Waals surface area contributed by atoms with Gasteiger partial charge in [-0.1, -0.05) is 30.3 Å². The number of aryl methyl sites for hydroxylation is 1. The Kier molecular flexibility index (Phi) is 4.85. The molecule has 7 nitrogen and oxygen atoms in total. The number of nitrogens with zero attached hydrogens (tertiary/aromatic N) is 1. The van der Waals surface area contributed by atoms with Crippen LogP contribution in [0.25, 0.3) is 0 Å². The lowest BCUT2D eigenvalue weighted by atomic mass is 9.92. The molecular formula is C20H21N3O4. The zero-order chi connectivity index (χ0) is 19.6. The molecule has 4 amide bonds. The summed E-state index contributed by atoms with van der Waals surface area (Å²) in [6.07, 6.45) is 0. The van der Waals surface area contributed by atoms with Crippen LogP contribution in [0.3, 0.4) is 0 Å². The molecule has 2 N–H and O–H groups in total. The normalized spacial score (nSPS) is 19.0. The first-order chi connectivity index (χ1) is 12.8. The summed E-state index contributed by atoms with van der Waals surface area (Å²) < 4.78 is 5.12. The molecule has 1 atom stereocenters. The predicted octanol–water partition coefficient (Wildman–Crippen LogP) is 2.41. The van der Waals surface area contributed by atoms with Gasteiger partial charge in [0.1, 0.15) is 17.8 Å². The van der Waals surface area contributed by atoms with Crippen LogP contribution in [0.4, 0.5) is 10.5 Å². The van der Waals surface area contributed by atoms with Crippen LogP contribution in [0, 0.1) is 6.92 Å². The molecule has 0 unspecified atom stereocenters. The number of benzene rings is 2. The second-order valence-electron chi connectivity index (χ2n) is 6.54. The molecule has 0 bridgehead atoms. The fourth-order valence-corrected chi connectivity index (χ4v) is 3.01. The maximum atomic E-state index is 12.9. The molecule has 140 valence electrons. The van der Waals surface area contributed by atoms with Crippen LogP contribution < -0.4 is 15.4 Å². The van der Waals surface area contributed by atoms with Gasteiger partial charge >= 0.3 is 6.03 Å². The summed E-state index contributed by atoms with van der Waals surface area (Å²) >= 11 is 0. The number of nitrogens with one attached hydrogen (secondary N) is 2. The summed E-state index contributed by atoms with van der Waals surface area (Å²) in [6, 6.07) is 13.6. The van der Waals surface area contributed by atoms with E-state index in [1.54, 1.807) is 50.4 Å². The predicted molar refractivity (Wildman–Crippen MR) is 100 cm³/mol. The van der Waals surface area contributed by atoms with E-state index in [0.717, 1.165) is 10.5 Å². The monoisotopic (exact) mass is 367 g/mol. The topological polar surface area (TPSA) is 87.7 Å². The third-order valence-corrected chi connectivity index (χ3v) is 4.66. The minimum Gasteiger partial charge on any atom is -0.497 e. The number of methoxy groups -OCH3 is 1. The summed E-state index contributed by atoms with van der Waals surface area (Å²) in [5, 5.41) is 5.41. The average Bonchev–Trinajstić information content (AvgIpc) is 2.88. The molecule has 1 fully saturated rings. The number of amides is 4. The van der Waals surface area contributed by atoms with Crippen molar-refractivity contribution in [3.05, 3.63) is 59.7 Å². The molecule has 0 spiro atoms. The molecule has 27 heavy (non-hydrogen) atoms. The van der Waals surface area contributed by atoms with Crippen LogP contribution in [0.15, 0.2) is 48.5 Å². The van der Waals surface area contributed by atoms with Gasteiger partial charge in [0.2, 0.25) is 5.91 Å². The lowest BCUT2D eigenvalue weighted by Crippen LogP contribution is -2.42. The first-order valence-corrected chi connectivity index (χ1v) is 8.49. The van der Waals surface area contributed by atoms with Gasteiger partial charge in [-0.25, -0.2) is 4.79 Å². The lowest BCUT2D eigenvalue weighted by molar-refractivity contribution is -0.133.